The molecule has 0 atom stereocenters. The summed E-state index contributed by atoms with van der Waals surface area (Å²) < 4.78 is 26.9. The average Bonchev–Trinajstić information content (AvgIpc) is 3.40. The summed E-state index contributed by atoms with van der Waals surface area (Å²) >= 11 is 0. The summed E-state index contributed by atoms with van der Waals surface area (Å²) in [6.07, 6.45) is 2.05. The molecule has 6 heteroatoms. The van der Waals surface area contributed by atoms with Gasteiger partial charge in [0, 0.05) is 29.3 Å². The maximum absolute atomic E-state index is 13.8. The number of fused-ring (bicyclic) bond motifs is 4. The Hall–Kier alpha value is -3.93. The van der Waals surface area contributed by atoms with E-state index in [1.807, 2.05) is 24.3 Å². The van der Waals surface area contributed by atoms with Crippen molar-refractivity contribution < 1.29 is 13.9 Å². The molecule has 0 N–H and O–H groups in total. The first kappa shape index (κ1) is 17.9. The smallest absolute Gasteiger partial charge is 0.231 e. The van der Waals surface area contributed by atoms with Gasteiger partial charge >= 0.3 is 0 Å². The molecule has 3 aliphatic heterocycles. The molecular formula is C25H18FN3O2. The number of nitrogens with zero attached hydrogens (tertiary/aromatic N) is 3. The number of halogens is 1. The average molecular weight is 411 g/mol. The summed E-state index contributed by atoms with van der Waals surface area (Å²) in [7, 11) is 0. The topological polar surface area (TPSA) is 49.2 Å². The largest absolute Gasteiger partial charge is 0.454 e. The van der Waals surface area contributed by atoms with Gasteiger partial charge in [-0.2, -0.15) is 0 Å². The molecule has 0 aliphatic carbocycles. The molecule has 3 aliphatic rings. The minimum atomic E-state index is -0.239. The molecule has 0 fully saturated rings. The molecule has 0 saturated heterocycles. The van der Waals surface area contributed by atoms with Crippen molar-refractivity contribution in [1.29, 1.82) is 0 Å². The second kappa shape index (κ2) is 6.80. The van der Waals surface area contributed by atoms with Gasteiger partial charge in [-0.3, -0.25) is 0 Å². The van der Waals surface area contributed by atoms with E-state index in [0.717, 1.165) is 50.3 Å². The molecule has 0 bridgehead atoms. The van der Waals surface area contributed by atoms with E-state index in [4.69, 9.17) is 9.47 Å². The number of rotatable bonds is 3. The summed E-state index contributed by atoms with van der Waals surface area (Å²) in [6, 6.07) is 18.8. The molecule has 6 rings (SSSR count). The van der Waals surface area contributed by atoms with Gasteiger partial charge in [0.05, 0.1) is 5.52 Å². The Balaban J connectivity index is 1.56. The van der Waals surface area contributed by atoms with Crippen molar-refractivity contribution in [1.82, 2.24) is 14.8 Å². The van der Waals surface area contributed by atoms with Crippen molar-refractivity contribution in [2.45, 2.75) is 13.5 Å². The fraction of sp³-hybridized carbons (Fsp3) is 0.120. The number of hydrogen-bond donors (Lipinski definition) is 0. The lowest BCUT2D eigenvalue weighted by atomic mass is 10.00. The maximum Gasteiger partial charge on any atom is 0.231 e. The number of aromatic nitrogens is 3. The van der Waals surface area contributed by atoms with Gasteiger partial charge < -0.3 is 14.0 Å². The monoisotopic (exact) mass is 411 g/mol. The Bertz CT molecular complexity index is 1430. The van der Waals surface area contributed by atoms with Crippen molar-refractivity contribution in [2.75, 3.05) is 6.79 Å². The van der Waals surface area contributed by atoms with Crippen LogP contribution in [-0.2, 0) is 6.54 Å². The summed E-state index contributed by atoms with van der Waals surface area (Å²) in [4.78, 5) is 0. The van der Waals surface area contributed by atoms with Crippen LogP contribution in [0.1, 0.15) is 11.1 Å². The number of aryl methyl sites for hydroxylation is 1. The number of hydrogen-bond acceptors (Lipinski definition) is 4. The van der Waals surface area contributed by atoms with E-state index in [1.54, 1.807) is 12.1 Å². The van der Waals surface area contributed by atoms with Crippen LogP contribution in [0.25, 0.3) is 33.4 Å². The predicted molar refractivity (Wildman–Crippen MR) is 116 cm³/mol. The Labute approximate surface area is 178 Å². The first-order chi connectivity index (χ1) is 15.2. The molecule has 0 unspecified atom stereocenters. The summed E-state index contributed by atoms with van der Waals surface area (Å²) in [5.74, 6) is 1.20. The first-order valence-corrected chi connectivity index (χ1v) is 10.1. The molecule has 0 amide bonds. The van der Waals surface area contributed by atoms with Crippen molar-refractivity contribution in [2.24, 2.45) is 0 Å². The molecular weight excluding hydrogens is 393 g/mol. The fourth-order valence-electron chi connectivity index (χ4n) is 4.18. The third-order valence-electron chi connectivity index (χ3n) is 5.65. The van der Waals surface area contributed by atoms with Gasteiger partial charge in [0.15, 0.2) is 11.5 Å². The van der Waals surface area contributed by atoms with Crippen LogP contribution in [0.3, 0.4) is 0 Å². The molecule has 0 saturated carbocycles. The van der Waals surface area contributed by atoms with Crippen LogP contribution in [0, 0.1) is 12.7 Å². The van der Waals surface area contributed by atoms with Gasteiger partial charge in [0.2, 0.25) is 6.79 Å². The minimum Gasteiger partial charge on any atom is -0.454 e. The molecule has 3 aromatic carbocycles. The molecule has 0 radical (unpaired) electrons. The van der Waals surface area contributed by atoms with E-state index in [9.17, 15) is 4.39 Å². The second-order valence-electron chi connectivity index (χ2n) is 7.79. The van der Waals surface area contributed by atoms with E-state index in [2.05, 4.69) is 46.1 Å². The maximum atomic E-state index is 13.8. The predicted octanol–water partition coefficient (Wildman–Crippen LogP) is 5.43. The second-order valence-corrected chi connectivity index (χ2v) is 7.79. The highest BCUT2D eigenvalue weighted by atomic mass is 19.1. The van der Waals surface area contributed by atoms with Crippen LogP contribution in [-0.4, -0.2) is 21.6 Å². The quantitative estimate of drug-likeness (QED) is 0.397. The fourth-order valence-corrected chi connectivity index (χ4v) is 4.18. The van der Waals surface area contributed by atoms with Gasteiger partial charge in [-0.1, -0.05) is 23.8 Å². The Morgan fingerprint density at radius 1 is 0.935 bits per heavy atom. The normalized spacial score (nSPS) is 12.7. The lowest BCUT2D eigenvalue weighted by molar-refractivity contribution is 0.174. The number of pyridine rings is 1. The summed E-state index contributed by atoms with van der Waals surface area (Å²) in [5.41, 5.74) is 6.55. The molecule has 0 aromatic heterocycles. The van der Waals surface area contributed by atoms with E-state index >= 15 is 0 Å². The van der Waals surface area contributed by atoms with Crippen LogP contribution < -0.4 is 9.47 Å². The Morgan fingerprint density at radius 3 is 2.71 bits per heavy atom. The van der Waals surface area contributed by atoms with Gasteiger partial charge in [-0.05, 0) is 55.0 Å². The zero-order chi connectivity index (χ0) is 20.9. The zero-order valence-corrected chi connectivity index (χ0v) is 16.8. The van der Waals surface area contributed by atoms with E-state index < -0.39 is 0 Å². The van der Waals surface area contributed by atoms with Gasteiger partial charge in [0.1, 0.15) is 17.2 Å². The highest BCUT2D eigenvalue weighted by molar-refractivity contribution is 5.98. The summed E-state index contributed by atoms with van der Waals surface area (Å²) in [6.45, 7) is 2.83. The third kappa shape index (κ3) is 2.99. The summed E-state index contributed by atoms with van der Waals surface area (Å²) in [5, 5.41) is 10.1. The van der Waals surface area contributed by atoms with Gasteiger partial charge in [-0.15, -0.1) is 10.2 Å². The van der Waals surface area contributed by atoms with Crippen LogP contribution in [0.2, 0.25) is 0 Å². The highest BCUT2D eigenvalue weighted by Gasteiger charge is 2.22. The standard InChI is InChI=1S/C25H18FN3O2/c1-15-5-7-21-19(9-15)25-20(13-29(21)12-16-3-2-4-18(26)10-16)24(27-28-25)17-6-8-22-23(11-17)31-14-30-22/h2-11,13H,12,14H2,1H3. The van der Waals surface area contributed by atoms with Crippen molar-refractivity contribution in [3.8, 4) is 34.0 Å². The zero-order valence-electron chi connectivity index (χ0n) is 16.8. The minimum absolute atomic E-state index is 0.226. The van der Waals surface area contributed by atoms with E-state index in [0.29, 0.717) is 12.3 Å². The third-order valence-corrected chi connectivity index (χ3v) is 5.65. The van der Waals surface area contributed by atoms with Crippen molar-refractivity contribution in [3.63, 3.8) is 0 Å². The Morgan fingerprint density at radius 2 is 1.81 bits per heavy atom. The molecule has 0 spiro atoms. The number of ether oxygens (including phenoxy) is 2. The van der Waals surface area contributed by atoms with Crippen LogP contribution in [0.5, 0.6) is 11.5 Å². The first-order valence-electron chi connectivity index (χ1n) is 10.1. The lowest BCUT2D eigenvalue weighted by Crippen LogP contribution is -2.04. The molecule has 3 aromatic rings. The van der Waals surface area contributed by atoms with Crippen molar-refractivity contribution >= 4 is 10.9 Å². The Kier molecular flexibility index (Phi) is 3.93. The molecule has 152 valence electrons. The van der Waals surface area contributed by atoms with Gasteiger partial charge in [-0.25, -0.2) is 4.39 Å². The molecule has 3 heterocycles. The van der Waals surface area contributed by atoms with Crippen LogP contribution in [0.15, 0.2) is 66.9 Å². The lowest BCUT2D eigenvalue weighted by Gasteiger charge is -2.16. The van der Waals surface area contributed by atoms with E-state index in [-0.39, 0.29) is 12.6 Å². The molecule has 5 nitrogen and oxygen atoms in total. The SMILES string of the molecule is Cc1ccc2c(c1)c1nnc(-c3ccc4c(c3)OCO4)c-1cn2Cc1cccc(F)c1. The van der Waals surface area contributed by atoms with E-state index in [1.165, 1.54) is 6.07 Å². The van der Waals surface area contributed by atoms with Crippen LogP contribution in [0.4, 0.5) is 4.39 Å². The van der Waals surface area contributed by atoms with Gasteiger partial charge in [0.25, 0.3) is 0 Å². The van der Waals surface area contributed by atoms with Crippen molar-refractivity contribution in [3.05, 3.63) is 83.8 Å². The van der Waals surface area contributed by atoms with Crippen LogP contribution >= 0.6 is 0 Å². The number of benzene rings is 3. The molecule has 31 heavy (non-hydrogen) atoms. The highest BCUT2D eigenvalue weighted by Crippen LogP contribution is 2.40.